The minimum atomic E-state index is -0.300. The van der Waals surface area contributed by atoms with Gasteiger partial charge in [0.2, 0.25) is 5.91 Å². The lowest BCUT2D eigenvalue weighted by molar-refractivity contribution is -0.120. The normalized spacial score (nSPS) is 16.2. The van der Waals surface area contributed by atoms with Crippen LogP contribution >= 0.6 is 0 Å². The molecule has 1 aromatic carbocycles. The highest BCUT2D eigenvalue weighted by Gasteiger charge is 2.18. The molecule has 1 amide bonds. The molecule has 4 nitrogen and oxygen atoms in total. The first-order valence-corrected chi connectivity index (χ1v) is 8.58. The molecule has 1 heterocycles. The molecule has 128 valence electrons. The summed E-state index contributed by atoms with van der Waals surface area (Å²) in [7, 11) is 0. The molecule has 1 unspecified atom stereocenters. The van der Waals surface area contributed by atoms with Crippen molar-refractivity contribution in [3.8, 4) is 0 Å². The third-order valence-electron chi connectivity index (χ3n) is 4.34. The van der Waals surface area contributed by atoms with Gasteiger partial charge in [-0.25, -0.2) is 4.39 Å². The first-order valence-electron chi connectivity index (χ1n) is 8.58. The molecule has 5 heteroatoms. The molecular weight excluding hydrogens is 295 g/mol. The lowest BCUT2D eigenvalue weighted by Crippen LogP contribution is -2.36. The minimum Gasteiger partial charge on any atom is -0.378 e. The first kappa shape index (κ1) is 17.7. The summed E-state index contributed by atoms with van der Waals surface area (Å²) in [4.78, 5) is 14.3. The van der Waals surface area contributed by atoms with E-state index < -0.39 is 0 Å². The SMILES string of the molecule is CCCCC(CC)C(=O)Nc1ccc(N2CCOCC2)c(F)c1. The largest absolute Gasteiger partial charge is 0.378 e. The Balaban J connectivity index is 2.00. The fourth-order valence-electron chi connectivity index (χ4n) is 2.86. The number of carbonyl (C=O) groups excluding carboxylic acids is 1. The average Bonchev–Trinajstić information content (AvgIpc) is 2.56. The first-order chi connectivity index (χ1) is 11.2. The Hall–Kier alpha value is -1.62. The van der Waals surface area contributed by atoms with Gasteiger partial charge < -0.3 is 15.0 Å². The van der Waals surface area contributed by atoms with Gasteiger partial charge in [-0.3, -0.25) is 4.79 Å². The van der Waals surface area contributed by atoms with Gasteiger partial charge in [0.15, 0.2) is 0 Å². The number of carbonyl (C=O) groups is 1. The van der Waals surface area contributed by atoms with E-state index >= 15 is 0 Å². The van der Waals surface area contributed by atoms with Crippen LogP contribution in [0.5, 0.6) is 0 Å². The molecule has 0 spiro atoms. The van der Waals surface area contributed by atoms with E-state index in [1.807, 2.05) is 11.8 Å². The maximum Gasteiger partial charge on any atom is 0.227 e. The van der Waals surface area contributed by atoms with E-state index in [4.69, 9.17) is 4.74 Å². The topological polar surface area (TPSA) is 41.6 Å². The van der Waals surface area contributed by atoms with E-state index in [9.17, 15) is 9.18 Å². The van der Waals surface area contributed by atoms with Crippen molar-refractivity contribution in [3.63, 3.8) is 0 Å². The number of amides is 1. The van der Waals surface area contributed by atoms with Gasteiger partial charge in [0, 0.05) is 24.7 Å². The summed E-state index contributed by atoms with van der Waals surface area (Å²) in [5, 5.41) is 2.85. The molecule has 1 atom stereocenters. The van der Waals surface area contributed by atoms with Crippen LogP contribution in [0.25, 0.3) is 0 Å². The maximum absolute atomic E-state index is 14.3. The summed E-state index contributed by atoms with van der Waals surface area (Å²) >= 11 is 0. The van der Waals surface area contributed by atoms with E-state index in [0.717, 1.165) is 25.7 Å². The van der Waals surface area contributed by atoms with Crippen LogP contribution in [0.4, 0.5) is 15.8 Å². The van der Waals surface area contributed by atoms with Gasteiger partial charge in [0.1, 0.15) is 5.82 Å². The molecule has 1 saturated heterocycles. The number of halogens is 1. The molecule has 0 radical (unpaired) electrons. The lowest BCUT2D eigenvalue weighted by Gasteiger charge is -2.29. The zero-order chi connectivity index (χ0) is 16.7. The number of morpholine rings is 1. The van der Waals surface area contributed by atoms with Crippen molar-refractivity contribution in [2.75, 3.05) is 36.5 Å². The molecule has 2 rings (SSSR count). The van der Waals surface area contributed by atoms with Crippen LogP contribution < -0.4 is 10.2 Å². The maximum atomic E-state index is 14.3. The third kappa shape index (κ3) is 4.93. The summed E-state index contributed by atoms with van der Waals surface area (Å²) in [6, 6.07) is 4.93. The van der Waals surface area contributed by atoms with Crippen LogP contribution in [-0.4, -0.2) is 32.2 Å². The number of nitrogens with zero attached hydrogens (tertiary/aromatic N) is 1. The predicted molar refractivity (Wildman–Crippen MR) is 91.4 cm³/mol. The van der Waals surface area contributed by atoms with Gasteiger partial charge in [0.05, 0.1) is 18.9 Å². The van der Waals surface area contributed by atoms with Crippen molar-refractivity contribution in [1.29, 1.82) is 0 Å². The molecular formula is C18H27FN2O2. The number of rotatable bonds is 7. The number of unbranched alkanes of at least 4 members (excludes halogenated alkanes) is 1. The molecule has 1 aromatic rings. The lowest BCUT2D eigenvalue weighted by atomic mass is 9.98. The molecule has 1 aliphatic rings. The molecule has 0 aromatic heterocycles. The monoisotopic (exact) mass is 322 g/mol. The second-order valence-corrected chi connectivity index (χ2v) is 6.00. The van der Waals surface area contributed by atoms with Crippen LogP contribution in [-0.2, 0) is 9.53 Å². The molecule has 1 fully saturated rings. The number of benzene rings is 1. The smallest absolute Gasteiger partial charge is 0.227 e. The van der Waals surface area contributed by atoms with E-state index in [1.54, 1.807) is 12.1 Å². The van der Waals surface area contributed by atoms with Crippen molar-refractivity contribution < 1.29 is 13.9 Å². The molecule has 0 saturated carbocycles. The number of anilines is 2. The van der Waals surface area contributed by atoms with Gasteiger partial charge >= 0.3 is 0 Å². The zero-order valence-electron chi connectivity index (χ0n) is 14.1. The van der Waals surface area contributed by atoms with Crippen molar-refractivity contribution in [3.05, 3.63) is 24.0 Å². The molecule has 1 aliphatic heterocycles. The summed E-state index contributed by atoms with van der Waals surface area (Å²) in [6.07, 6.45) is 3.80. The molecule has 0 bridgehead atoms. The van der Waals surface area contributed by atoms with Gasteiger partial charge in [-0.2, -0.15) is 0 Å². The van der Waals surface area contributed by atoms with Crippen molar-refractivity contribution in [2.24, 2.45) is 5.92 Å². The Labute approximate surface area is 138 Å². The van der Waals surface area contributed by atoms with Crippen LogP contribution in [0.2, 0.25) is 0 Å². The summed E-state index contributed by atoms with van der Waals surface area (Å²) in [5.41, 5.74) is 1.10. The van der Waals surface area contributed by atoms with E-state index in [2.05, 4.69) is 12.2 Å². The Morgan fingerprint density at radius 3 is 2.70 bits per heavy atom. The fraction of sp³-hybridized carbons (Fsp3) is 0.611. The Morgan fingerprint density at radius 2 is 2.09 bits per heavy atom. The Kier molecular flexibility index (Phi) is 6.84. The highest BCUT2D eigenvalue weighted by Crippen LogP contribution is 2.24. The highest BCUT2D eigenvalue weighted by atomic mass is 19.1. The Morgan fingerprint density at radius 1 is 1.35 bits per heavy atom. The minimum absolute atomic E-state index is 0.00284. The fourth-order valence-corrected chi connectivity index (χ4v) is 2.86. The summed E-state index contributed by atoms with van der Waals surface area (Å²) in [6.45, 7) is 6.75. The van der Waals surface area contributed by atoms with Gasteiger partial charge in [-0.1, -0.05) is 26.7 Å². The van der Waals surface area contributed by atoms with Gasteiger partial charge in [0.25, 0.3) is 0 Å². The number of hydrogen-bond donors (Lipinski definition) is 1. The van der Waals surface area contributed by atoms with Crippen molar-refractivity contribution in [2.45, 2.75) is 39.5 Å². The van der Waals surface area contributed by atoms with Crippen molar-refractivity contribution >= 4 is 17.3 Å². The van der Waals surface area contributed by atoms with E-state index in [0.29, 0.717) is 37.7 Å². The summed E-state index contributed by atoms with van der Waals surface area (Å²) < 4.78 is 19.6. The van der Waals surface area contributed by atoms with Crippen LogP contribution in [0.3, 0.4) is 0 Å². The number of nitrogens with one attached hydrogen (secondary N) is 1. The van der Waals surface area contributed by atoms with Crippen molar-refractivity contribution in [1.82, 2.24) is 0 Å². The predicted octanol–water partition coefficient (Wildman–Crippen LogP) is 3.82. The zero-order valence-corrected chi connectivity index (χ0v) is 14.1. The van der Waals surface area contributed by atoms with E-state index in [1.165, 1.54) is 6.07 Å². The number of hydrogen-bond acceptors (Lipinski definition) is 3. The third-order valence-corrected chi connectivity index (χ3v) is 4.34. The summed E-state index contributed by atoms with van der Waals surface area (Å²) in [5.74, 6) is -0.317. The van der Waals surface area contributed by atoms with Crippen LogP contribution in [0.15, 0.2) is 18.2 Å². The number of ether oxygens (including phenoxy) is 1. The van der Waals surface area contributed by atoms with E-state index in [-0.39, 0.29) is 17.6 Å². The van der Waals surface area contributed by atoms with Gasteiger partial charge in [-0.05, 0) is 31.0 Å². The average molecular weight is 322 g/mol. The second-order valence-electron chi connectivity index (χ2n) is 6.00. The molecule has 0 aliphatic carbocycles. The quantitative estimate of drug-likeness (QED) is 0.830. The molecule has 23 heavy (non-hydrogen) atoms. The highest BCUT2D eigenvalue weighted by molar-refractivity contribution is 5.92. The van der Waals surface area contributed by atoms with Crippen LogP contribution in [0.1, 0.15) is 39.5 Å². The molecule has 1 N–H and O–H groups in total. The Bertz CT molecular complexity index is 516. The van der Waals surface area contributed by atoms with Crippen LogP contribution in [0, 0.1) is 11.7 Å². The standard InChI is InChI=1S/C18H27FN2O2/c1-3-5-6-14(4-2)18(22)20-15-7-8-17(16(19)13-15)21-9-11-23-12-10-21/h7-8,13-14H,3-6,9-12H2,1-2H3,(H,20,22). The van der Waals surface area contributed by atoms with Gasteiger partial charge in [-0.15, -0.1) is 0 Å². The second kappa shape index (κ2) is 8.87.